The lowest BCUT2D eigenvalue weighted by atomic mass is 9.92. The maximum atomic E-state index is 11.2. The van der Waals surface area contributed by atoms with Gasteiger partial charge in [0.1, 0.15) is 0 Å². The summed E-state index contributed by atoms with van der Waals surface area (Å²) in [4.78, 5) is 11.2. The number of hydrogen-bond acceptors (Lipinski definition) is 3. The van der Waals surface area contributed by atoms with Crippen LogP contribution < -0.4 is 5.73 Å². The van der Waals surface area contributed by atoms with E-state index in [-0.39, 0.29) is 5.97 Å². The van der Waals surface area contributed by atoms with E-state index in [0.29, 0.717) is 19.6 Å². The van der Waals surface area contributed by atoms with Crippen LogP contribution in [0.3, 0.4) is 0 Å². The lowest BCUT2D eigenvalue weighted by Crippen LogP contribution is -2.13. The number of hydrogen-bond donors (Lipinski definition) is 1. The van der Waals surface area contributed by atoms with Gasteiger partial charge in [-0.25, -0.2) is 0 Å². The number of benzene rings is 1. The van der Waals surface area contributed by atoms with E-state index < -0.39 is 0 Å². The van der Waals surface area contributed by atoms with Crippen LogP contribution >= 0.6 is 0 Å². The Bertz CT molecular complexity index is 412. The van der Waals surface area contributed by atoms with Crippen LogP contribution in [-0.2, 0) is 16.0 Å². The molecular formula is C15H23NO2. The molecule has 100 valence electrons. The molecule has 0 fully saturated rings. The quantitative estimate of drug-likeness (QED) is 0.815. The van der Waals surface area contributed by atoms with Crippen molar-refractivity contribution < 1.29 is 9.53 Å². The summed E-state index contributed by atoms with van der Waals surface area (Å²) in [5.74, 6) is -0.211. The molecule has 3 heteroatoms. The van der Waals surface area contributed by atoms with E-state index in [2.05, 4.69) is 33.8 Å². The molecule has 0 atom stereocenters. The Morgan fingerprint density at radius 1 is 1.17 bits per heavy atom. The molecule has 0 spiro atoms. The normalized spacial score (nSPS) is 10.5. The Morgan fingerprint density at radius 3 is 2.22 bits per heavy atom. The van der Waals surface area contributed by atoms with Crippen molar-refractivity contribution in [3.63, 3.8) is 0 Å². The van der Waals surface area contributed by atoms with Crippen molar-refractivity contribution in [1.82, 2.24) is 0 Å². The number of nitrogens with two attached hydrogens (primary N) is 1. The first-order valence-electron chi connectivity index (χ1n) is 6.39. The minimum Gasteiger partial charge on any atom is -0.465 e. The Labute approximate surface area is 109 Å². The van der Waals surface area contributed by atoms with Gasteiger partial charge in [0.2, 0.25) is 0 Å². The molecule has 3 nitrogen and oxygen atoms in total. The molecule has 0 aliphatic heterocycles. The maximum Gasteiger partial charge on any atom is 0.307 e. The SMILES string of the molecule is Cc1cc(C)c(C)c(CCOC(=O)CCN)c1C. The number of esters is 1. The number of ether oxygens (including phenoxy) is 1. The van der Waals surface area contributed by atoms with Gasteiger partial charge in [0.05, 0.1) is 13.0 Å². The standard InChI is InChI=1S/C15H23NO2/c1-10-9-11(2)13(4)14(12(10)3)6-8-18-15(17)5-7-16/h9H,5-8,16H2,1-4H3. The average molecular weight is 249 g/mol. The Morgan fingerprint density at radius 2 is 1.72 bits per heavy atom. The van der Waals surface area contributed by atoms with E-state index in [1.807, 2.05) is 0 Å². The first-order chi connectivity index (χ1) is 8.47. The first kappa shape index (κ1) is 14.7. The molecule has 1 aromatic carbocycles. The monoisotopic (exact) mass is 249 g/mol. The van der Waals surface area contributed by atoms with Gasteiger partial charge < -0.3 is 10.5 Å². The molecule has 0 unspecified atom stereocenters. The second-order valence-electron chi connectivity index (χ2n) is 4.75. The highest BCUT2D eigenvalue weighted by Crippen LogP contribution is 2.22. The minimum atomic E-state index is -0.211. The molecule has 0 saturated carbocycles. The zero-order valence-corrected chi connectivity index (χ0v) is 11.8. The van der Waals surface area contributed by atoms with E-state index >= 15 is 0 Å². The van der Waals surface area contributed by atoms with Gasteiger partial charge in [0.15, 0.2) is 0 Å². The van der Waals surface area contributed by atoms with Crippen LogP contribution in [0, 0.1) is 27.7 Å². The summed E-state index contributed by atoms with van der Waals surface area (Å²) in [6.07, 6.45) is 1.07. The molecule has 0 radical (unpaired) electrons. The molecular weight excluding hydrogens is 226 g/mol. The van der Waals surface area contributed by atoms with Gasteiger partial charge in [-0.2, -0.15) is 0 Å². The van der Waals surface area contributed by atoms with E-state index in [1.54, 1.807) is 0 Å². The van der Waals surface area contributed by atoms with Crippen molar-refractivity contribution in [3.8, 4) is 0 Å². The highest BCUT2D eigenvalue weighted by Gasteiger charge is 2.09. The van der Waals surface area contributed by atoms with Crippen LogP contribution in [0.15, 0.2) is 6.07 Å². The zero-order valence-electron chi connectivity index (χ0n) is 11.8. The number of rotatable bonds is 5. The third-order valence-electron chi connectivity index (χ3n) is 3.48. The van der Waals surface area contributed by atoms with Crippen LogP contribution in [0.25, 0.3) is 0 Å². The molecule has 18 heavy (non-hydrogen) atoms. The summed E-state index contributed by atoms with van der Waals surface area (Å²) in [7, 11) is 0. The van der Waals surface area contributed by atoms with Gasteiger partial charge in [-0.1, -0.05) is 6.07 Å². The van der Waals surface area contributed by atoms with Crippen molar-refractivity contribution in [2.24, 2.45) is 5.73 Å². The molecule has 1 rings (SSSR count). The molecule has 0 heterocycles. The number of carbonyl (C=O) groups is 1. The minimum absolute atomic E-state index is 0.211. The van der Waals surface area contributed by atoms with Gasteiger partial charge >= 0.3 is 5.97 Å². The third-order valence-corrected chi connectivity index (χ3v) is 3.48. The van der Waals surface area contributed by atoms with Crippen LogP contribution in [-0.4, -0.2) is 19.1 Å². The van der Waals surface area contributed by atoms with Crippen molar-refractivity contribution >= 4 is 5.97 Å². The molecule has 0 saturated heterocycles. The second-order valence-corrected chi connectivity index (χ2v) is 4.75. The van der Waals surface area contributed by atoms with Crippen molar-refractivity contribution in [3.05, 3.63) is 33.9 Å². The Hall–Kier alpha value is -1.35. The van der Waals surface area contributed by atoms with Gasteiger partial charge in [0, 0.05) is 13.0 Å². The first-order valence-corrected chi connectivity index (χ1v) is 6.39. The smallest absolute Gasteiger partial charge is 0.307 e. The van der Waals surface area contributed by atoms with Crippen LogP contribution in [0.4, 0.5) is 0 Å². The summed E-state index contributed by atoms with van der Waals surface area (Å²) < 4.78 is 5.16. The number of carbonyl (C=O) groups excluding carboxylic acids is 1. The molecule has 1 aromatic rings. The Kier molecular flexibility index (Phi) is 5.35. The summed E-state index contributed by atoms with van der Waals surface area (Å²) >= 11 is 0. The summed E-state index contributed by atoms with van der Waals surface area (Å²) in [5.41, 5.74) is 11.8. The lowest BCUT2D eigenvalue weighted by molar-refractivity contribution is -0.143. The lowest BCUT2D eigenvalue weighted by Gasteiger charge is -2.15. The number of aryl methyl sites for hydroxylation is 2. The van der Waals surface area contributed by atoms with E-state index in [9.17, 15) is 4.79 Å². The van der Waals surface area contributed by atoms with Crippen molar-refractivity contribution in [2.75, 3.05) is 13.2 Å². The Balaban J connectivity index is 2.70. The van der Waals surface area contributed by atoms with Gasteiger partial charge in [-0.3, -0.25) is 4.79 Å². The van der Waals surface area contributed by atoms with Crippen LogP contribution in [0.5, 0.6) is 0 Å². The average Bonchev–Trinajstić information content (AvgIpc) is 2.31. The van der Waals surface area contributed by atoms with Crippen LogP contribution in [0.2, 0.25) is 0 Å². The van der Waals surface area contributed by atoms with Crippen molar-refractivity contribution in [1.29, 1.82) is 0 Å². The van der Waals surface area contributed by atoms with Crippen molar-refractivity contribution in [2.45, 2.75) is 40.5 Å². The second kappa shape index (κ2) is 6.55. The third kappa shape index (κ3) is 3.57. The summed E-state index contributed by atoms with van der Waals surface area (Å²) in [5, 5.41) is 0. The fourth-order valence-electron chi connectivity index (χ4n) is 2.13. The van der Waals surface area contributed by atoms with Gasteiger partial charge in [0.25, 0.3) is 0 Å². The van der Waals surface area contributed by atoms with Gasteiger partial charge in [-0.15, -0.1) is 0 Å². The summed E-state index contributed by atoms with van der Waals surface area (Å²) in [6.45, 7) is 9.26. The fraction of sp³-hybridized carbons (Fsp3) is 0.533. The van der Waals surface area contributed by atoms with Crippen LogP contribution in [0.1, 0.15) is 34.2 Å². The van der Waals surface area contributed by atoms with Gasteiger partial charge in [-0.05, 0) is 55.5 Å². The summed E-state index contributed by atoms with van der Waals surface area (Å²) in [6, 6.07) is 2.20. The molecule has 0 aliphatic carbocycles. The molecule has 0 amide bonds. The highest BCUT2D eigenvalue weighted by atomic mass is 16.5. The molecule has 0 bridgehead atoms. The highest BCUT2D eigenvalue weighted by molar-refractivity contribution is 5.69. The molecule has 2 N–H and O–H groups in total. The predicted molar refractivity (Wildman–Crippen MR) is 73.7 cm³/mol. The maximum absolute atomic E-state index is 11.2. The molecule has 0 aromatic heterocycles. The fourth-order valence-corrected chi connectivity index (χ4v) is 2.13. The van der Waals surface area contributed by atoms with E-state index in [4.69, 9.17) is 10.5 Å². The molecule has 0 aliphatic rings. The predicted octanol–water partition coefficient (Wildman–Crippen LogP) is 2.35. The largest absolute Gasteiger partial charge is 0.465 e. The van der Waals surface area contributed by atoms with E-state index in [0.717, 1.165) is 6.42 Å². The topological polar surface area (TPSA) is 52.3 Å². The van der Waals surface area contributed by atoms with E-state index in [1.165, 1.54) is 27.8 Å². The zero-order chi connectivity index (χ0) is 13.7.